The van der Waals surface area contributed by atoms with Gasteiger partial charge in [0.25, 0.3) is 0 Å². The van der Waals surface area contributed by atoms with Gasteiger partial charge in [0.15, 0.2) is 0 Å². The van der Waals surface area contributed by atoms with Crippen molar-refractivity contribution in [2.75, 3.05) is 0 Å². The number of aryl methyl sites for hydroxylation is 1. The molecule has 0 saturated carbocycles. The molecule has 0 amide bonds. The SMILES string of the molecule is CC(C)C(O)CCCCc1ccccc1. The molecule has 0 spiro atoms. The van der Waals surface area contributed by atoms with Gasteiger partial charge in [-0.25, -0.2) is 0 Å². The minimum Gasteiger partial charge on any atom is -0.393 e. The normalized spacial score (nSPS) is 13.1. The van der Waals surface area contributed by atoms with Crippen LogP contribution in [0.15, 0.2) is 30.3 Å². The minimum atomic E-state index is -0.124. The smallest absolute Gasteiger partial charge is 0.0563 e. The first-order valence-corrected chi connectivity index (χ1v) is 5.92. The molecular weight excluding hydrogens is 184 g/mol. The molecule has 84 valence electrons. The predicted octanol–water partition coefficient (Wildman–Crippen LogP) is 3.42. The summed E-state index contributed by atoms with van der Waals surface area (Å²) in [5, 5.41) is 9.62. The number of aliphatic hydroxyl groups excluding tert-OH is 1. The average Bonchev–Trinajstić information content (AvgIpc) is 2.25. The summed E-state index contributed by atoms with van der Waals surface area (Å²) in [5.74, 6) is 0.390. The second-order valence-corrected chi connectivity index (χ2v) is 4.54. The third-order valence-corrected chi connectivity index (χ3v) is 2.83. The Morgan fingerprint density at radius 2 is 1.73 bits per heavy atom. The molecule has 0 fully saturated rings. The molecule has 0 aliphatic carbocycles. The molecule has 1 aromatic carbocycles. The third kappa shape index (κ3) is 4.98. The van der Waals surface area contributed by atoms with Crippen molar-refractivity contribution in [2.24, 2.45) is 5.92 Å². The van der Waals surface area contributed by atoms with Crippen LogP contribution in [-0.4, -0.2) is 11.2 Å². The standard InChI is InChI=1S/C14H22O/c1-12(2)14(15)11-7-6-10-13-8-4-3-5-9-13/h3-5,8-9,12,14-15H,6-7,10-11H2,1-2H3. The molecule has 1 N–H and O–H groups in total. The highest BCUT2D eigenvalue weighted by Crippen LogP contribution is 2.12. The number of aliphatic hydroxyl groups is 1. The Kier molecular flexibility index (Phi) is 5.41. The number of rotatable bonds is 6. The Bertz CT molecular complexity index is 253. The number of benzene rings is 1. The van der Waals surface area contributed by atoms with Crippen LogP contribution in [0.2, 0.25) is 0 Å². The maximum Gasteiger partial charge on any atom is 0.0563 e. The summed E-state index contributed by atoms with van der Waals surface area (Å²) in [5.41, 5.74) is 1.40. The van der Waals surface area contributed by atoms with Gasteiger partial charge in [0.05, 0.1) is 6.10 Å². The molecule has 1 atom stereocenters. The van der Waals surface area contributed by atoms with E-state index in [1.807, 2.05) is 6.07 Å². The molecule has 0 aromatic heterocycles. The topological polar surface area (TPSA) is 20.2 Å². The molecule has 0 aliphatic rings. The molecule has 0 aliphatic heterocycles. The Balaban J connectivity index is 2.12. The van der Waals surface area contributed by atoms with Crippen LogP contribution in [0.4, 0.5) is 0 Å². The quantitative estimate of drug-likeness (QED) is 0.707. The summed E-state index contributed by atoms with van der Waals surface area (Å²) in [6.07, 6.45) is 4.24. The van der Waals surface area contributed by atoms with Gasteiger partial charge in [0.1, 0.15) is 0 Å². The predicted molar refractivity (Wildman–Crippen MR) is 64.8 cm³/mol. The van der Waals surface area contributed by atoms with Crippen molar-refractivity contribution in [3.63, 3.8) is 0 Å². The van der Waals surface area contributed by atoms with Gasteiger partial charge in [0.2, 0.25) is 0 Å². The lowest BCUT2D eigenvalue weighted by Gasteiger charge is -2.13. The molecule has 0 radical (unpaired) electrons. The number of hydrogen-bond donors (Lipinski definition) is 1. The lowest BCUT2D eigenvalue weighted by molar-refractivity contribution is 0.113. The van der Waals surface area contributed by atoms with E-state index in [0.29, 0.717) is 5.92 Å². The zero-order valence-corrected chi connectivity index (χ0v) is 9.82. The van der Waals surface area contributed by atoms with E-state index in [2.05, 4.69) is 38.1 Å². The lowest BCUT2D eigenvalue weighted by Crippen LogP contribution is -2.14. The van der Waals surface area contributed by atoms with Crippen molar-refractivity contribution in [1.82, 2.24) is 0 Å². The van der Waals surface area contributed by atoms with Gasteiger partial charge in [-0.05, 0) is 30.7 Å². The van der Waals surface area contributed by atoms with Gasteiger partial charge < -0.3 is 5.11 Å². The maximum absolute atomic E-state index is 9.62. The molecule has 1 aromatic rings. The highest BCUT2D eigenvalue weighted by atomic mass is 16.3. The van der Waals surface area contributed by atoms with E-state index in [4.69, 9.17) is 0 Å². The molecule has 0 heterocycles. The van der Waals surface area contributed by atoms with Crippen LogP contribution in [0.3, 0.4) is 0 Å². The van der Waals surface area contributed by atoms with E-state index < -0.39 is 0 Å². The second-order valence-electron chi connectivity index (χ2n) is 4.54. The third-order valence-electron chi connectivity index (χ3n) is 2.83. The fraction of sp³-hybridized carbons (Fsp3) is 0.571. The van der Waals surface area contributed by atoms with E-state index >= 15 is 0 Å². The molecule has 15 heavy (non-hydrogen) atoms. The maximum atomic E-state index is 9.62. The van der Waals surface area contributed by atoms with Crippen molar-refractivity contribution in [3.8, 4) is 0 Å². The van der Waals surface area contributed by atoms with Crippen LogP contribution in [-0.2, 0) is 6.42 Å². The Morgan fingerprint density at radius 3 is 2.33 bits per heavy atom. The summed E-state index contributed by atoms with van der Waals surface area (Å²) in [7, 11) is 0. The zero-order chi connectivity index (χ0) is 11.1. The van der Waals surface area contributed by atoms with E-state index in [0.717, 1.165) is 19.3 Å². The highest BCUT2D eigenvalue weighted by molar-refractivity contribution is 5.14. The van der Waals surface area contributed by atoms with Crippen LogP contribution in [0.5, 0.6) is 0 Å². The van der Waals surface area contributed by atoms with Gasteiger partial charge in [-0.15, -0.1) is 0 Å². The minimum absolute atomic E-state index is 0.124. The summed E-state index contributed by atoms with van der Waals surface area (Å²) in [4.78, 5) is 0. The fourth-order valence-electron chi connectivity index (χ4n) is 1.66. The van der Waals surface area contributed by atoms with Gasteiger partial charge in [-0.3, -0.25) is 0 Å². The van der Waals surface area contributed by atoms with Crippen molar-refractivity contribution >= 4 is 0 Å². The Hall–Kier alpha value is -0.820. The molecule has 0 bridgehead atoms. The van der Waals surface area contributed by atoms with Crippen LogP contribution in [0, 0.1) is 5.92 Å². The fourth-order valence-corrected chi connectivity index (χ4v) is 1.66. The summed E-state index contributed by atoms with van der Waals surface area (Å²) >= 11 is 0. The Morgan fingerprint density at radius 1 is 1.07 bits per heavy atom. The summed E-state index contributed by atoms with van der Waals surface area (Å²) in [6.45, 7) is 4.14. The van der Waals surface area contributed by atoms with E-state index in [1.54, 1.807) is 0 Å². The second kappa shape index (κ2) is 6.62. The molecular formula is C14H22O. The van der Waals surface area contributed by atoms with Crippen LogP contribution >= 0.6 is 0 Å². The number of hydrogen-bond acceptors (Lipinski definition) is 1. The molecule has 1 rings (SSSR count). The van der Waals surface area contributed by atoms with Crippen LogP contribution in [0.25, 0.3) is 0 Å². The monoisotopic (exact) mass is 206 g/mol. The Labute approximate surface area is 93.1 Å². The van der Waals surface area contributed by atoms with Gasteiger partial charge in [0, 0.05) is 0 Å². The van der Waals surface area contributed by atoms with Crippen LogP contribution < -0.4 is 0 Å². The van der Waals surface area contributed by atoms with E-state index in [-0.39, 0.29) is 6.10 Å². The first kappa shape index (κ1) is 12.3. The van der Waals surface area contributed by atoms with Crippen molar-refractivity contribution in [3.05, 3.63) is 35.9 Å². The molecule has 1 heteroatoms. The van der Waals surface area contributed by atoms with E-state index in [9.17, 15) is 5.11 Å². The number of unbranched alkanes of at least 4 members (excludes halogenated alkanes) is 1. The molecule has 1 nitrogen and oxygen atoms in total. The largest absolute Gasteiger partial charge is 0.393 e. The van der Waals surface area contributed by atoms with Crippen molar-refractivity contribution in [2.45, 2.75) is 45.6 Å². The lowest BCUT2D eigenvalue weighted by atomic mass is 9.99. The first-order chi connectivity index (χ1) is 7.20. The van der Waals surface area contributed by atoms with Crippen molar-refractivity contribution < 1.29 is 5.11 Å². The highest BCUT2D eigenvalue weighted by Gasteiger charge is 2.07. The van der Waals surface area contributed by atoms with E-state index in [1.165, 1.54) is 12.0 Å². The van der Waals surface area contributed by atoms with Crippen molar-refractivity contribution in [1.29, 1.82) is 0 Å². The molecule has 1 unspecified atom stereocenters. The summed E-state index contributed by atoms with van der Waals surface area (Å²) in [6, 6.07) is 10.5. The summed E-state index contributed by atoms with van der Waals surface area (Å²) < 4.78 is 0. The first-order valence-electron chi connectivity index (χ1n) is 5.92. The van der Waals surface area contributed by atoms with Gasteiger partial charge in [-0.2, -0.15) is 0 Å². The zero-order valence-electron chi connectivity index (χ0n) is 9.82. The average molecular weight is 206 g/mol. The van der Waals surface area contributed by atoms with Gasteiger partial charge in [-0.1, -0.05) is 50.6 Å². The van der Waals surface area contributed by atoms with Crippen LogP contribution in [0.1, 0.15) is 38.7 Å². The van der Waals surface area contributed by atoms with Gasteiger partial charge >= 0.3 is 0 Å². The molecule has 0 saturated heterocycles.